The summed E-state index contributed by atoms with van der Waals surface area (Å²) in [5.74, 6) is 1.21. The summed E-state index contributed by atoms with van der Waals surface area (Å²) in [6.45, 7) is 4.90. The maximum atomic E-state index is 12.1. The molecule has 8 heteroatoms. The smallest absolute Gasteiger partial charge is 0.287 e. The Bertz CT molecular complexity index is 650. The predicted octanol–water partition coefficient (Wildman–Crippen LogP) is 1.86. The molecule has 0 aliphatic carbocycles. The number of carbonyl (C=O) groups is 1. The lowest BCUT2D eigenvalue weighted by Crippen LogP contribution is -2.24. The minimum Gasteiger partial charge on any atom is -0.453 e. The summed E-state index contributed by atoms with van der Waals surface area (Å²) >= 11 is 1.49. The lowest BCUT2D eigenvalue weighted by Gasteiger charge is -2.07. The largest absolute Gasteiger partial charge is 0.453 e. The monoisotopic (exact) mass is 322 g/mol. The number of hydrogen-bond acceptors (Lipinski definition) is 6. The summed E-state index contributed by atoms with van der Waals surface area (Å²) < 4.78 is 12.2. The average molecular weight is 322 g/mol. The molecule has 2 heterocycles. The Hall–Kier alpha value is -2.06. The van der Waals surface area contributed by atoms with E-state index in [9.17, 15) is 4.79 Å². The molecule has 0 atom stereocenters. The molecule has 2 rings (SSSR count). The number of nitrogens with one attached hydrogen (secondary N) is 1. The van der Waals surface area contributed by atoms with Gasteiger partial charge < -0.3 is 19.0 Å². The van der Waals surface area contributed by atoms with E-state index in [-0.39, 0.29) is 18.2 Å². The molecule has 0 saturated heterocycles. The quantitative estimate of drug-likeness (QED) is 0.590. The van der Waals surface area contributed by atoms with Crippen molar-refractivity contribution < 1.29 is 13.9 Å². The minimum absolute atomic E-state index is 0.243. The maximum Gasteiger partial charge on any atom is 0.287 e. The van der Waals surface area contributed by atoms with Crippen LogP contribution in [0.25, 0.3) is 0 Å². The fourth-order valence-electron chi connectivity index (χ4n) is 1.88. The van der Waals surface area contributed by atoms with Crippen LogP contribution in [0.4, 0.5) is 0 Å². The summed E-state index contributed by atoms with van der Waals surface area (Å²) in [5, 5.41) is 11.7. The molecular formula is C14H18N4O3S. The van der Waals surface area contributed by atoms with Crippen LogP contribution < -0.4 is 5.32 Å². The van der Waals surface area contributed by atoms with E-state index < -0.39 is 0 Å². The van der Waals surface area contributed by atoms with Crippen LogP contribution in [0, 0.1) is 0 Å². The summed E-state index contributed by atoms with van der Waals surface area (Å²) in [7, 11) is 1.57. The number of furan rings is 1. The van der Waals surface area contributed by atoms with Crippen molar-refractivity contribution in [3.63, 3.8) is 0 Å². The number of aromatic nitrogens is 3. The Labute approximate surface area is 132 Å². The molecule has 0 unspecified atom stereocenters. The number of amides is 1. The Morgan fingerprint density at radius 3 is 3.05 bits per heavy atom. The van der Waals surface area contributed by atoms with E-state index in [4.69, 9.17) is 9.15 Å². The highest BCUT2D eigenvalue weighted by Crippen LogP contribution is 2.14. The van der Waals surface area contributed by atoms with Gasteiger partial charge in [0, 0.05) is 13.7 Å². The molecule has 0 saturated carbocycles. The van der Waals surface area contributed by atoms with Crippen molar-refractivity contribution in [1.29, 1.82) is 0 Å². The van der Waals surface area contributed by atoms with Crippen LogP contribution in [0.5, 0.6) is 0 Å². The Kier molecular flexibility index (Phi) is 5.79. The van der Waals surface area contributed by atoms with Crippen LogP contribution in [-0.4, -0.2) is 34.0 Å². The highest BCUT2D eigenvalue weighted by molar-refractivity contribution is 7.98. The first-order valence-corrected chi connectivity index (χ1v) is 7.84. The maximum absolute atomic E-state index is 12.1. The van der Waals surface area contributed by atoms with Crippen LogP contribution in [0.3, 0.4) is 0 Å². The number of allylic oxidation sites excluding steroid dienone is 1. The first-order valence-electron chi connectivity index (χ1n) is 6.62. The molecule has 0 bridgehead atoms. The lowest BCUT2D eigenvalue weighted by atomic mass is 10.4. The Balaban J connectivity index is 2.01. The van der Waals surface area contributed by atoms with Crippen LogP contribution in [0.2, 0.25) is 0 Å². The van der Waals surface area contributed by atoms with Gasteiger partial charge in [0.1, 0.15) is 12.4 Å². The molecule has 0 aromatic carbocycles. The summed E-state index contributed by atoms with van der Waals surface area (Å²) in [4.78, 5) is 12.1. The van der Waals surface area contributed by atoms with E-state index in [0.717, 1.165) is 5.16 Å². The normalized spacial score (nSPS) is 10.6. The Morgan fingerprint density at radius 2 is 2.36 bits per heavy atom. The van der Waals surface area contributed by atoms with Gasteiger partial charge in [-0.15, -0.1) is 16.8 Å². The zero-order valence-electron chi connectivity index (χ0n) is 12.5. The van der Waals surface area contributed by atoms with Crippen molar-refractivity contribution in [3.8, 4) is 0 Å². The van der Waals surface area contributed by atoms with Crippen LogP contribution in [0.15, 0.2) is 34.4 Å². The number of methoxy groups -OCH3 is 1. The molecule has 0 fully saturated rings. The summed E-state index contributed by atoms with van der Waals surface area (Å²) in [6, 6.07) is 3.33. The predicted molar refractivity (Wildman–Crippen MR) is 82.6 cm³/mol. The second kappa shape index (κ2) is 7.81. The molecule has 0 aliphatic rings. The summed E-state index contributed by atoms with van der Waals surface area (Å²) in [6.07, 6.45) is 3.68. The van der Waals surface area contributed by atoms with Crippen molar-refractivity contribution in [2.75, 3.05) is 13.4 Å². The molecule has 1 N–H and O–H groups in total. The van der Waals surface area contributed by atoms with Gasteiger partial charge in [-0.3, -0.25) is 4.79 Å². The van der Waals surface area contributed by atoms with Gasteiger partial charge in [0.15, 0.2) is 16.7 Å². The zero-order valence-corrected chi connectivity index (χ0v) is 13.4. The fourth-order valence-corrected chi connectivity index (χ4v) is 2.40. The van der Waals surface area contributed by atoms with Crippen molar-refractivity contribution in [2.24, 2.45) is 0 Å². The highest BCUT2D eigenvalue weighted by atomic mass is 32.2. The molecule has 22 heavy (non-hydrogen) atoms. The average Bonchev–Trinajstić information content (AvgIpc) is 3.13. The van der Waals surface area contributed by atoms with E-state index >= 15 is 0 Å². The first-order chi connectivity index (χ1) is 10.7. The number of rotatable bonds is 8. The van der Waals surface area contributed by atoms with Crippen molar-refractivity contribution in [3.05, 3.63) is 42.1 Å². The van der Waals surface area contributed by atoms with Gasteiger partial charge in [0.2, 0.25) is 0 Å². The fraction of sp³-hybridized carbons (Fsp3) is 0.357. The van der Waals surface area contributed by atoms with E-state index in [1.165, 1.54) is 11.8 Å². The second-order valence-electron chi connectivity index (χ2n) is 4.38. The van der Waals surface area contributed by atoms with Gasteiger partial charge in [0.05, 0.1) is 6.54 Å². The highest BCUT2D eigenvalue weighted by Gasteiger charge is 2.14. The number of carbonyl (C=O) groups excluding carboxylic acids is 1. The van der Waals surface area contributed by atoms with Gasteiger partial charge in [-0.05, 0) is 18.4 Å². The summed E-state index contributed by atoms with van der Waals surface area (Å²) in [5.41, 5.74) is 0. The molecule has 2 aromatic rings. The molecule has 0 radical (unpaired) electrons. The van der Waals surface area contributed by atoms with E-state index in [2.05, 4.69) is 22.1 Å². The van der Waals surface area contributed by atoms with Gasteiger partial charge in [-0.25, -0.2) is 0 Å². The van der Waals surface area contributed by atoms with E-state index in [0.29, 0.717) is 24.7 Å². The third kappa shape index (κ3) is 3.77. The second-order valence-corrected chi connectivity index (χ2v) is 5.16. The number of thioether (sulfide) groups is 1. The Morgan fingerprint density at radius 1 is 1.55 bits per heavy atom. The lowest BCUT2D eigenvalue weighted by molar-refractivity contribution is 0.0913. The molecule has 2 aromatic heterocycles. The van der Waals surface area contributed by atoms with Crippen molar-refractivity contribution >= 4 is 17.7 Å². The van der Waals surface area contributed by atoms with Gasteiger partial charge in [-0.2, -0.15) is 0 Å². The van der Waals surface area contributed by atoms with Gasteiger partial charge >= 0.3 is 0 Å². The molecule has 1 amide bonds. The van der Waals surface area contributed by atoms with E-state index in [1.807, 2.05) is 10.8 Å². The molecule has 118 valence electrons. The van der Waals surface area contributed by atoms with Crippen molar-refractivity contribution in [1.82, 2.24) is 20.1 Å². The standard InChI is InChI=1S/C14H18N4O3S/c1-4-7-18-12(16-17-14(18)22-3)8-15-13(19)11-6-5-10(21-11)9-20-2/h4-6H,1,7-9H2,2-3H3,(H,15,19). The third-order valence-electron chi connectivity index (χ3n) is 2.87. The van der Waals surface area contributed by atoms with Gasteiger partial charge in [0.25, 0.3) is 5.91 Å². The molecular weight excluding hydrogens is 304 g/mol. The SMILES string of the molecule is C=CCn1c(CNC(=O)c2ccc(COC)o2)nnc1SC. The van der Waals surface area contributed by atoms with Crippen LogP contribution in [-0.2, 0) is 24.4 Å². The number of ether oxygens (including phenoxy) is 1. The van der Waals surface area contributed by atoms with Crippen molar-refractivity contribution in [2.45, 2.75) is 24.9 Å². The first kappa shape index (κ1) is 16.3. The van der Waals surface area contributed by atoms with Crippen LogP contribution >= 0.6 is 11.8 Å². The topological polar surface area (TPSA) is 82.2 Å². The molecule has 0 spiro atoms. The molecule has 7 nitrogen and oxygen atoms in total. The van der Waals surface area contributed by atoms with Gasteiger partial charge in [-0.1, -0.05) is 17.8 Å². The minimum atomic E-state index is -0.304. The number of nitrogens with zero attached hydrogens (tertiary/aromatic N) is 3. The van der Waals surface area contributed by atoms with E-state index in [1.54, 1.807) is 25.3 Å². The zero-order chi connectivity index (χ0) is 15.9. The van der Waals surface area contributed by atoms with Crippen LogP contribution in [0.1, 0.15) is 22.1 Å². The molecule has 0 aliphatic heterocycles. The third-order valence-corrected chi connectivity index (χ3v) is 3.53. The number of hydrogen-bond donors (Lipinski definition) is 1.